The number of nitrogens with one attached hydrogen (secondary N) is 1. The number of carbonyl (C=O) groups excluding carboxylic acids is 1. The highest BCUT2D eigenvalue weighted by Gasteiger charge is 2.15. The van der Waals surface area contributed by atoms with Gasteiger partial charge in [0.25, 0.3) is 0 Å². The zero-order chi connectivity index (χ0) is 13.8. The number of anilines is 1. The molecular formula is C15H25Cl2N3O. The Morgan fingerprint density at radius 3 is 2.43 bits per heavy atom. The molecule has 1 fully saturated rings. The summed E-state index contributed by atoms with van der Waals surface area (Å²) in [7, 11) is 0. The first-order valence-corrected chi connectivity index (χ1v) is 6.99. The third-order valence-electron chi connectivity index (χ3n) is 3.61. The molecule has 0 bridgehead atoms. The van der Waals surface area contributed by atoms with E-state index in [0.717, 1.165) is 18.7 Å². The van der Waals surface area contributed by atoms with Crippen LogP contribution in [0, 0.1) is 0 Å². The van der Waals surface area contributed by atoms with E-state index in [0.29, 0.717) is 0 Å². The van der Waals surface area contributed by atoms with Gasteiger partial charge in [-0.1, -0.05) is 12.1 Å². The van der Waals surface area contributed by atoms with Crippen LogP contribution in [0.25, 0.3) is 0 Å². The molecule has 1 aliphatic rings. The zero-order valence-electron chi connectivity index (χ0n) is 12.5. The van der Waals surface area contributed by atoms with Crippen LogP contribution >= 0.6 is 24.8 Å². The Kier molecular flexibility index (Phi) is 8.71. The largest absolute Gasteiger partial charge is 0.372 e. The number of carbonyl (C=O) groups is 1. The second-order valence-corrected chi connectivity index (χ2v) is 5.31. The summed E-state index contributed by atoms with van der Waals surface area (Å²) >= 11 is 0. The summed E-state index contributed by atoms with van der Waals surface area (Å²) in [5.41, 5.74) is 7.94. The molecule has 6 heteroatoms. The van der Waals surface area contributed by atoms with E-state index in [1.807, 2.05) is 13.0 Å². The van der Waals surface area contributed by atoms with Gasteiger partial charge in [0.2, 0.25) is 5.91 Å². The summed E-state index contributed by atoms with van der Waals surface area (Å²) < 4.78 is 0. The first-order chi connectivity index (χ1) is 9.08. The summed E-state index contributed by atoms with van der Waals surface area (Å²) in [6, 6.07) is 7.92. The lowest BCUT2D eigenvalue weighted by atomic mass is 10.1. The van der Waals surface area contributed by atoms with Crippen molar-refractivity contribution in [1.82, 2.24) is 5.32 Å². The van der Waals surface area contributed by atoms with Gasteiger partial charge in [-0.3, -0.25) is 4.79 Å². The van der Waals surface area contributed by atoms with E-state index in [2.05, 4.69) is 28.4 Å². The summed E-state index contributed by atoms with van der Waals surface area (Å²) in [5, 5.41) is 2.93. The van der Waals surface area contributed by atoms with Gasteiger partial charge in [-0.25, -0.2) is 0 Å². The summed E-state index contributed by atoms with van der Waals surface area (Å²) in [4.78, 5) is 14.0. The Morgan fingerprint density at radius 2 is 1.86 bits per heavy atom. The molecule has 1 aromatic rings. The van der Waals surface area contributed by atoms with Gasteiger partial charge in [0.05, 0.1) is 12.1 Å². The van der Waals surface area contributed by atoms with Crippen LogP contribution < -0.4 is 16.0 Å². The average molecular weight is 334 g/mol. The van der Waals surface area contributed by atoms with E-state index >= 15 is 0 Å². The normalized spacial score (nSPS) is 16.4. The number of hydrogen-bond acceptors (Lipinski definition) is 3. The smallest absolute Gasteiger partial charge is 0.237 e. The lowest BCUT2D eigenvalue weighted by Gasteiger charge is -2.21. The SMILES string of the molecule is CC(NC(=O)[C@@H](C)N)c1cccc(N2CCCC2)c1.Cl.Cl. The predicted molar refractivity (Wildman–Crippen MR) is 92.6 cm³/mol. The van der Waals surface area contributed by atoms with Crippen molar-refractivity contribution in [2.24, 2.45) is 5.73 Å². The fraction of sp³-hybridized carbons (Fsp3) is 0.533. The molecule has 4 nitrogen and oxygen atoms in total. The minimum absolute atomic E-state index is 0. The maximum absolute atomic E-state index is 11.6. The quantitative estimate of drug-likeness (QED) is 0.890. The molecule has 2 rings (SSSR count). The van der Waals surface area contributed by atoms with Gasteiger partial charge in [-0.2, -0.15) is 0 Å². The third kappa shape index (κ3) is 5.38. The fourth-order valence-electron chi connectivity index (χ4n) is 2.39. The number of nitrogens with zero attached hydrogens (tertiary/aromatic N) is 1. The first kappa shape index (κ1) is 20.0. The number of halogens is 2. The molecule has 1 aliphatic heterocycles. The highest BCUT2D eigenvalue weighted by Crippen LogP contribution is 2.23. The third-order valence-corrected chi connectivity index (χ3v) is 3.61. The molecule has 1 heterocycles. The van der Waals surface area contributed by atoms with Crippen LogP contribution in [0.15, 0.2) is 24.3 Å². The zero-order valence-corrected chi connectivity index (χ0v) is 14.2. The standard InChI is InChI=1S/C15H23N3O.2ClH/c1-11(16)15(19)17-12(2)13-6-5-7-14(10-13)18-8-3-4-9-18;;/h5-7,10-12H,3-4,8-9,16H2,1-2H3,(H,17,19);2*1H/t11-,12?;;/m1../s1. The molecule has 0 radical (unpaired) electrons. The number of rotatable bonds is 4. The molecular weight excluding hydrogens is 309 g/mol. The van der Waals surface area contributed by atoms with E-state index in [4.69, 9.17) is 5.73 Å². The molecule has 1 saturated heterocycles. The van der Waals surface area contributed by atoms with Gasteiger partial charge in [0.1, 0.15) is 0 Å². The van der Waals surface area contributed by atoms with E-state index in [9.17, 15) is 4.79 Å². The summed E-state index contributed by atoms with van der Waals surface area (Å²) in [6.07, 6.45) is 2.53. The molecule has 2 atom stereocenters. The monoisotopic (exact) mass is 333 g/mol. The van der Waals surface area contributed by atoms with Crippen LogP contribution in [-0.2, 0) is 4.79 Å². The van der Waals surface area contributed by atoms with Gasteiger partial charge in [0.15, 0.2) is 0 Å². The minimum Gasteiger partial charge on any atom is -0.372 e. The average Bonchev–Trinajstić information content (AvgIpc) is 2.92. The van der Waals surface area contributed by atoms with Gasteiger partial charge in [0, 0.05) is 18.8 Å². The Bertz CT molecular complexity index is 448. The lowest BCUT2D eigenvalue weighted by molar-refractivity contribution is -0.122. The Balaban J connectivity index is 0.00000200. The maximum atomic E-state index is 11.6. The number of hydrogen-bond donors (Lipinski definition) is 2. The van der Waals surface area contributed by atoms with Crippen molar-refractivity contribution in [1.29, 1.82) is 0 Å². The predicted octanol–water partition coefficient (Wildman–Crippen LogP) is 2.65. The molecule has 0 saturated carbocycles. The van der Waals surface area contributed by atoms with E-state index in [-0.39, 0.29) is 36.8 Å². The van der Waals surface area contributed by atoms with Crippen molar-refractivity contribution in [3.8, 4) is 0 Å². The van der Waals surface area contributed by atoms with Crippen LogP contribution in [-0.4, -0.2) is 25.0 Å². The van der Waals surface area contributed by atoms with Crippen LogP contribution in [0.2, 0.25) is 0 Å². The second kappa shape index (κ2) is 9.13. The molecule has 1 aromatic carbocycles. The Labute approximate surface area is 139 Å². The number of amides is 1. The van der Waals surface area contributed by atoms with Crippen molar-refractivity contribution in [2.75, 3.05) is 18.0 Å². The van der Waals surface area contributed by atoms with Crippen LogP contribution in [0.3, 0.4) is 0 Å². The van der Waals surface area contributed by atoms with Crippen molar-refractivity contribution in [3.63, 3.8) is 0 Å². The molecule has 0 aliphatic carbocycles. The molecule has 21 heavy (non-hydrogen) atoms. The number of nitrogens with two attached hydrogens (primary N) is 1. The van der Waals surface area contributed by atoms with Gasteiger partial charge in [-0.05, 0) is 44.4 Å². The second-order valence-electron chi connectivity index (χ2n) is 5.31. The number of benzene rings is 1. The van der Waals surface area contributed by atoms with Gasteiger partial charge >= 0.3 is 0 Å². The fourth-order valence-corrected chi connectivity index (χ4v) is 2.39. The molecule has 3 N–H and O–H groups in total. The topological polar surface area (TPSA) is 58.4 Å². The van der Waals surface area contributed by atoms with Crippen LogP contribution in [0.4, 0.5) is 5.69 Å². The van der Waals surface area contributed by atoms with E-state index in [1.165, 1.54) is 18.5 Å². The molecule has 1 unspecified atom stereocenters. The van der Waals surface area contributed by atoms with Crippen molar-refractivity contribution in [3.05, 3.63) is 29.8 Å². The van der Waals surface area contributed by atoms with Crippen molar-refractivity contribution in [2.45, 2.75) is 38.8 Å². The van der Waals surface area contributed by atoms with E-state index < -0.39 is 6.04 Å². The van der Waals surface area contributed by atoms with E-state index in [1.54, 1.807) is 6.92 Å². The van der Waals surface area contributed by atoms with Gasteiger partial charge < -0.3 is 16.0 Å². The van der Waals surface area contributed by atoms with Crippen LogP contribution in [0.1, 0.15) is 38.3 Å². The van der Waals surface area contributed by atoms with Crippen molar-refractivity contribution >= 4 is 36.4 Å². The molecule has 0 spiro atoms. The minimum atomic E-state index is -0.468. The molecule has 1 amide bonds. The highest BCUT2D eigenvalue weighted by molar-refractivity contribution is 5.85. The van der Waals surface area contributed by atoms with Crippen molar-refractivity contribution < 1.29 is 4.79 Å². The maximum Gasteiger partial charge on any atom is 0.237 e. The highest BCUT2D eigenvalue weighted by atomic mass is 35.5. The first-order valence-electron chi connectivity index (χ1n) is 6.99. The lowest BCUT2D eigenvalue weighted by Crippen LogP contribution is -2.39. The molecule has 0 aromatic heterocycles. The Hall–Kier alpha value is -0.970. The van der Waals surface area contributed by atoms with Gasteiger partial charge in [-0.15, -0.1) is 24.8 Å². The summed E-state index contributed by atoms with van der Waals surface area (Å²) in [6.45, 7) is 5.94. The summed E-state index contributed by atoms with van der Waals surface area (Å²) in [5.74, 6) is -0.112. The Morgan fingerprint density at radius 1 is 1.24 bits per heavy atom. The molecule has 120 valence electrons. The van der Waals surface area contributed by atoms with Crippen LogP contribution in [0.5, 0.6) is 0 Å².